The Hall–Kier alpha value is -1.14. The first-order valence-corrected chi connectivity index (χ1v) is 5.70. The zero-order valence-corrected chi connectivity index (χ0v) is 11.2. The molecule has 1 unspecified atom stereocenters. The highest BCUT2D eigenvalue weighted by atomic mass is 19.4. The van der Waals surface area contributed by atoms with E-state index in [-0.39, 0.29) is 5.56 Å². The van der Waals surface area contributed by atoms with E-state index in [1.807, 2.05) is 0 Å². The molecule has 0 aliphatic heterocycles. The van der Waals surface area contributed by atoms with Gasteiger partial charge in [0.1, 0.15) is 5.82 Å². The van der Waals surface area contributed by atoms with Crippen LogP contribution in [-0.2, 0) is 6.18 Å². The zero-order valence-electron chi connectivity index (χ0n) is 11.2. The first-order valence-electron chi connectivity index (χ1n) is 5.70. The Bertz CT molecular complexity index is 454. The SMILES string of the molecule is CN(C)C(C)(C)C(O)c1ccc(F)c(C(F)(F)F)c1. The summed E-state index contributed by atoms with van der Waals surface area (Å²) in [7, 11) is 3.41. The molecular formula is C13H17F4NO. The van der Waals surface area contributed by atoms with Gasteiger partial charge in [-0.25, -0.2) is 4.39 Å². The maximum Gasteiger partial charge on any atom is 0.419 e. The van der Waals surface area contributed by atoms with Gasteiger partial charge in [-0.3, -0.25) is 0 Å². The molecule has 0 heterocycles. The molecule has 1 atom stereocenters. The van der Waals surface area contributed by atoms with Crippen LogP contribution in [0.25, 0.3) is 0 Å². The molecule has 0 aromatic heterocycles. The Kier molecular flexibility index (Phi) is 4.27. The highest BCUT2D eigenvalue weighted by Crippen LogP contribution is 2.35. The number of rotatable bonds is 3. The first kappa shape index (κ1) is 15.9. The molecule has 0 saturated carbocycles. The second-order valence-corrected chi connectivity index (χ2v) is 5.19. The van der Waals surface area contributed by atoms with E-state index in [0.717, 1.165) is 6.07 Å². The van der Waals surface area contributed by atoms with Gasteiger partial charge in [-0.05, 0) is 45.6 Å². The number of aliphatic hydroxyl groups is 1. The van der Waals surface area contributed by atoms with Crippen LogP contribution in [0.1, 0.15) is 31.1 Å². The summed E-state index contributed by atoms with van der Waals surface area (Å²) < 4.78 is 51.0. The van der Waals surface area contributed by atoms with E-state index in [0.29, 0.717) is 6.07 Å². The third-order valence-corrected chi connectivity index (χ3v) is 3.43. The van der Waals surface area contributed by atoms with E-state index in [4.69, 9.17) is 0 Å². The zero-order chi connectivity index (χ0) is 15.0. The monoisotopic (exact) mass is 279 g/mol. The second kappa shape index (κ2) is 5.09. The maximum absolute atomic E-state index is 13.2. The van der Waals surface area contributed by atoms with Crippen LogP contribution in [0.4, 0.5) is 17.6 Å². The molecule has 19 heavy (non-hydrogen) atoms. The normalized spacial score (nSPS) is 14.8. The molecule has 1 N–H and O–H groups in total. The second-order valence-electron chi connectivity index (χ2n) is 5.19. The lowest BCUT2D eigenvalue weighted by Gasteiger charge is -2.37. The third kappa shape index (κ3) is 3.25. The van der Waals surface area contributed by atoms with E-state index in [9.17, 15) is 22.7 Å². The molecule has 1 rings (SSSR count). The highest BCUT2D eigenvalue weighted by molar-refractivity contribution is 5.30. The first-order chi connectivity index (χ1) is 8.48. The van der Waals surface area contributed by atoms with Crippen LogP contribution in [0.5, 0.6) is 0 Å². The number of hydrogen-bond donors (Lipinski definition) is 1. The lowest BCUT2D eigenvalue weighted by atomic mass is 9.89. The fourth-order valence-electron chi connectivity index (χ4n) is 1.58. The molecule has 0 aliphatic rings. The third-order valence-electron chi connectivity index (χ3n) is 3.43. The molecule has 1 aromatic rings. The molecule has 0 amide bonds. The van der Waals surface area contributed by atoms with Gasteiger partial charge < -0.3 is 10.0 Å². The van der Waals surface area contributed by atoms with E-state index in [1.54, 1.807) is 32.8 Å². The summed E-state index contributed by atoms with van der Waals surface area (Å²) in [6.45, 7) is 3.38. The Labute approximate surface area is 109 Å². The van der Waals surface area contributed by atoms with Gasteiger partial charge in [0, 0.05) is 5.54 Å². The van der Waals surface area contributed by atoms with Gasteiger partial charge in [-0.2, -0.15) is 13.2 Å². The van der Waals surface area contributed by atoms with Crippen LogP contribution in [-0.4, -0.2) is 29.6 Å². The van der Waals surface area contributed by atoms with E-state index in [1.165, 1.54) is 6.07 Å². The summed E-state index contributed by atoms with van der Waals surface area (Å²) in [5.41, 5.74) is -2.10. The summed E-state index contributed by atoms with van der Waals surface area (Å²) in [4.78, 5) is 1.69. The number of likely N-dealkylation sites (N-methyl/N-ethyl adjacent to an activating group) is 1. The standard InChI is InChI=1S/C13H17F4NO/c1-12(2,18(3)4)11(19)8-5-6-10(14)9(7-8)13(15,16)17/h5-7,11,19H,1-4H3. The minimum absolute atomic E-state index is 0.0347. The number of alkyl halides is 3. The van der Waals surface area contributed by atoms with E-state index < -0.39 is 29.2 Å². The molecule has 0 fully saturated rings. The van der Waals surface area contributed by atoms with Gasteiger partial charge in [0.05, 0.1) is 11.7 Å². The highest BCUT2D eigenvalue weighted by Gasteiger charge is 2.37. The summed E-state index contributed by atoms with van der Waals surface area (Å²) >= 11 is 0. The van der Waals surface area contributed by atoms with Crippen molar-refractivity contribution in [3.63, 3.8) is 0 Å². The van der Waals surface area contributed by atoms with Crippen molar-refractivity contribution in [3.8, 4) is 0 Å². The molecule has 0 spiro atoms. The lowest BCUT2D eigenvalue weighted by Crippen LogP contribution is -2.43. The summed E-state index contributed by atoms with van der Waals surface area (Å²) in [6.07, 6.45) is -5.94. The Balaban J connectivity index is 3.24. The quantitative estimate of drug-likeness (QED) is 0.859. The average molecular weight is 279 g/mol. The van der Waals surface area contributed by atoms with Gasteiger partial charge in [0.15, 0.2) is 0 Å². The van der Waals surface area contributed by atoms with Crippen molar-refractivity contribution < 1.29 is 22.7 Å². The van der Waals surface area contributed by atoms with Crippen LogP contribution < -0.4 is 0 Å². The topological polar surface area (TPSA) is 23.5 Å². The number of halogens is 4. The summed E-state index contributed by atoms with van der Waals surface area (Å²) in [6, 6.07) is 2.55. The Morgan fingerprint density at radius 3 is 2.11 bits per heavy atom. The molecule has 0 saturated heterocycles. The van der Waals surface area contributed by atoms with Gasteiger partial charge in [-0.1, -0.05) is 6.07 Å². The molecule has 6 heteroatoms. The van der Waals surface area contributed by atoms with Gasteiger partial charge >= 0.3 is 6.18 Å². The minimum Gasteiger partial charge on any atom is -0.386 e. The smallest absolute Gasteiger partial charge is 0.386 e. The van der Waals surface area contributed by atoms with Crippen molar-refractivity contribution in [3.05, 3.63) is 35.1 Å². The molecular weight excluding hydrogens is 262 g/mol. The Morgan fingerprint density at radius 2 is 1.68 bits per heavy atom. The molecule has 0 radical (unpaired) electrons. The van der Waals surface area contributed by atoms with Crippen molar-refractivity contribution in [1.82, 2.24) is 4.90 Å². The number of aliphatic hydroxyl groups excluding tert-OH is 1. The fraction of sp³-hybridized carbons (Fsp3) is 0.538. The van der Waals surface area contributed by atoms with E-state index in [2.05, 4.69) is 0 Å². The Morgan fingerprint density at radius 1 is 1.16 bits per heavy atom. The largest absolute Gasteiger partial charge is 0.419 e. The average Bonchev–Trinajstić information content (AvgIpc) is 2.26. The predicted molar refractivity (Wildman–Crippen MR) is 64.1 cm³/mol. The van der Waals surface area contributed by atoms with Crippen molar-refractivity contribution in [2.75, 3.05) is 14.1 Å². The lowest BCUT2D eigenvalue weighted by molar-refractivity contribution is -0.140. The summed E-state index contributed by atoms with van der Waals surface area (Å²) in [5.74, 6) is -1.34. The van der Waals surface area contributed by atoms with Crippen molar-refractivity contribution >= 4 is 0 Å². The number of hydrogen-bond acceptors (Lipinski definition) is 2. The predicted octanol–water partition coefficient (Wildman–Crippen LogP) is 3.22. The van der Waals surface area contributed by atoms with Gasteiger partial charge in [-0.15, -0.1) is 0 Å². The molecule has 1 aromatic carbocycles. The van der Waals surface area contributed by atoms with Gasteiger partial charge in [0.2, 0.25) is 0 Å². The van der Waals surface area contributed by atoms with Crippen molar-refractivity contribution in [2.24, 2.45) is 0 Å². The maximum atomic E-state index is 13.2. The molecule has 108 valence electrons. The molecule has 2 nitrogen and oxygen atoms in total. The minimum atomic E-state index is -4.78. The summed E-state index contributed by atoms with van der Waals surface area (Å²) in [5, 5.41) is 10.2. The fourth-order valence-corrected chi connectivity index (χ4v) is 1.58. The van der Waals surface area contributed by atoms with Gasteiger partial charge in [0.25, 0.3) is 0 Å². The van der Waals surface area contributed by atoms with Crippen LogP contribution in [0, 0.1) is 5.82 Å². The van der Waals surface area contributed by atoms with Crippen molar-refractivity contribution in [2.45, 2.75) is 31.7 Å². The van der Waals surface area contributed by atoms with Crippen LogP contribution in [0.2, 0.25) is 0 Å². The van der Waals surface area contributed by atoms with Crippen LogP contribution in [0.3, 0.4) is 0 Å². The molecule has 0 bridgehead atoms. The van der Waals surface area contributed by atoms with Crippen molar-refractivity contribution in [1.29, 1.82) is 0 Å². The molecule has 0 aliphatic carbocycles. The number of nitrogens with zero attached hydrogens (tertiary/aromatic N) is 1. The van der Waals surface area contributed by atoms with Crippen LogP contribution in [0.15, 0.2) is 18.2 Å². The van der Waals surface area contributed by atoms with Crippen LogP contribution >= 0.6 is 0 Å². The number of benzene rings is 1. The van der Waals surface area contributed by atoms with E-state index >= 15 is 0 Å².